The molecule has 1 aromatic rings. The van der Waals surface area contributed by atoms with Gasteiger partial charge in [-0.25, -0.2) is 9.53 Å². The standard InChI is InChI=1S/C12H22FN5O2S/c1-9(2)17-7-12(5-15-17)18(21(14,19)20)8-11-4-10(13)6-16(11)3/h5,7,9-11H,4,6,8H2,1-3H3,(H2,14,19,20)/t10-,11+/m1/s1. The molecule has 1 saturated heterocycles. The third kappa shape index (κ3) is 3.72. The summed E-state index contributed by atoms with van der Waals surface area (Å²) in [5.41, 5.74) is 0.405. The Morgan fingerprint density at radius 1 is 1.57 bits per heavy atom. The van der Waals surface area contributed by atoms with Gasteiger partial charge in [-0.15, -0.1) is 0 Å². The van der Waals surface area contributed by atoms with Crippen LogP contribution in [0.3, 0.4) is 0 Å². The highest BCUT2D eigenvalue weighted by Gasteiger charge is 2.33. The van der Waals surface area contributed by atoms with Crippen molar-refractivity contribution in [2.75, 3.05) is 24.4 Å². The van der Waals surface area contributed by atoms with E-state index in [0.29, 0.717) is 18.7 Å². The van der Waals surface area contributed by atoms with Gasteiger partial charge in [0.05, 0.1) is 18.4 Å². The van der Waals surface area contributed by atoms with Crippen LogP contribution in [0, 0.1) is 0 Å². The van der Waals surface area contributed by atoms with Crippen molar-refractivity contribution in [2.24, 2.45) is 5.14 Å². The van der Waals surface area contributed by atoms with Crippen LogP contribution in [0.1, 0.15) is 26.3 Å². The van der Waals surface area contributed by atoms with Crippen molar-refractivity contribution in [3.8, 4) is 0 Å². The SMILES string of the molecule is CC(C)n1cc(N(C[C@@H]2C[C@@H](F)CN2C)S(N)(=O)=O)cn1. The first-order chi connectivity index (χ1) is 9.68. The maximum Gasteiger partial charge on any atom is 0.299 e. The van der Waals surface area contributed by atoms with Gasteiger partial charge in [-0.3, -0.25) is 13.9 Å². The molecule has 7 nitrogen and oxygen atoms in total. The molecule has 120 valence electrons. The second-order valence-electron chi connectivity index (χ2n) is 5.77. The topological polar surface area (TPSA) is 84.5 Å². The fourth-order valence-electron chi connectivity index (χ4n) is 2.51. The highest BCUT2D eigenvalue weighted by atomic mass is 32.2. The first kappa shape index (κ1) is 16.2. The summed E-state index contributed by atoms with van der Waals surface area (Å²) < 4.78 is 39.9. The number of anilines is 1. The molecule has 0 amide bonds. The summed E-state index contributed by atoms with van der Waals surface area (Å²) in [6.07, 6.45) is 2.48. The molecular weight excluding hydrogens is 297 g/mol. The van der Waals surface area contributed by atoms with Crippen molar-refractivity contribution in [1.29, 1.82) is 0 Å². The Morgan fingerprint density at radius 2 is 2.24 bits per heavy atom. The van der Waals surface area contributed by atoms with Crippen molar-refractivity contribution in [2.45, 2.75) is 38.5 Å². The number of aromatic nitrogens is 2. The number of nitrogens with two attached hydrogens (primary N) is 1. The van der Waals surface area contributed by atoms with Crippen LogP contribution >= 0.6 is 0 Å². The van der Waals surface area contributed by atoms with Gasteiger partial charge in [-0.05, 0) is 27.3 Å². The minimum absolute atomic E-state index is 0.116. The monoisotopic (exact) mass is 319 g/mol. The first-order valence-corrected chi connectivity index (χ1v) is 8.37. The molecular formula is C12H22FN5O2S. The van der Waals surface area contributed by atoms with E-state index >= 15 is 0 Å². The van der Waals surface area contributed by atoms with Crippen molar-refractivity contribution in [3.05, 3.63) is 12.4 Å². The summed E-state index contributed by atoms with van der Waals surface area (Å²) in [6.45, 7) is 4.32. The molecule has 9 heteroatoms. The second kappa shape index (κ2) is 5.90. The third-order valence-electron chi connectivity index (χ3n) is 3.73. The Bertz CT molecular complexity index is 588. The summed E-state index contributed by atoms with van der Waals surface area (Å²) in [7, 11) is -2.15. The Kier molecular flexibility index (Phi) is 4.54. The van der Waals surface area contributed by atoms with Gasteiger partial charge in [0.25, 0.3) is 10.2 Å². The number of hydrogen-bond donors (Lipinski definition) is 1. The number of alkyl halides is 1. The largest absolute Gasteiger partial charge is 0.299 e. The van der Waals surface area contributed by atoms with Crippen LogP contribution in [-0.2, 0) is 10.2 Å². The van der Waals surface area contributed by atoms with Crippen molar-refractivity contribution in [3.63, 3.8) is 0 Å². The highest BCUT2D eigenvalue weighted by molar-refractivity contribution is 7.90. The fraction of sp³-hybridized carbons (Fsp3) is 0.750. The van der Waals surface area contributed by atoms with Gasteiger partial charge in [0.2, 0.25) is 0 Å². The Balaban J connectivity index is 2.23. The normalized spacial score (nSPS) is 23.9. The van der Waals surface area contributed by atoms with E-state index in [1.807, 2.05) is 18.7 Å². The molecule has 21 heavy (non-hydrogen) atoms. The molecule has 2 N–H and O–H groups in total. The average Bonchev–Trinajstić information content (AvgIpc) is 2.91. The van der Waals surface area contributed by atoms with Crippen LogP contribution < -0.4 is 9.44 Å². The fourth-order valence-corrected chi connectivity index (χ4v) is 3.28. The molecule has 0 radical (unpaired) electrons. The lowest BCUT2D eigenvalue weighted by molar-refractivity contribution is 0.297. The van der Waals surface area contributed by atoms with Crippen LogP contribution in [0.25, 0.3) is 0 Å². The lowest BCUT2D eigenvalue weighted by atomic mass is 10.2. The van der Waals surface area contributed by atoms with Gasteiger partial charge in [-0.1, -0.05) is 0 Å². The molecule has 2 atom stereocenters. The van der Waals surface area contributed by atoms with Crippen molar-refractivity contribution in [1.82, 2.24) is 14.7 Å². The van der Waals surface area contributed by atoms with E-state index < -0.39 is 16.4 Å². The van der Waals surface area contributed by atoms with E-state index in [1.165, 1.54) is 6.20 Å². The molecule has 0 aliphatic carbocycles. The molecule has 0 unspecified atom stereocenters. The summed E-state index contributed by atoms with van der Waals surface area (Å²) >= 11 is 0. The summed E-state index contributed by atoms with van der Waals surface area (Å²) in [5.74, 6) is 0. The average molecular weight is 319 g/mol. The summed E-state index contributed by atoms with van der Waals surface area (Å²) in [6, 6.07) is -0.0776. The van der Waals surface area contributed by atoms with E-state index in [2.05, 4.69) is 5.10 Å². The number of hydrogen-bond acceptors (Lipinski definition) is 4. The first-order valence-electron chi connectivity index (χ1n) is 6.87. The lowest BCUT2D eigenvalue weighted by Crippen LogP contribution is -2.44. The van der Waals surface area contributed by atoms with Crippen molar-refractivity contribution < 1.29 is 12.8 Å². The van der Waals surface area contributed by atoms with Gasteiger partial charge in [0.15, 0.2) is 0 Å². The molecule has 1 fully saturated rings. The van der Waals surface area contributed by atoms with Gasteiger partial charge in [0.1, 0.15) is 6.17 Å². The van der Waals surface area contributed by atoms with Crippen LogP contribution in [0.2, 0.25) is 0 Å². The Morgan fingerprint density at radius 3 is 2.67 bits per heavy atom. The smallest absolute Gasteiger partial charge is 0.299 e. The van der Waals surface area contributed by atoms with Crippen LogP contribution in [0.15, 0.2) is 12.4 Å². The molecule has 0 aromatic carbocycles. The van der Waals surface area contributed by atoms with E-state index in [1.54, 1.807) is 17.9 Å². The number of likely N-dealkylation sites (tertiary alicyclic amines) is 1. The van der Waals surface area contributed by atoms with Crippen LogP contribution in [-0.4, -0.2) is 55.4 Å². The van der Waals surface area contributed by atoms with Gasteiger partial charge >= 0.3 is 0 Å². The number of nitrogens with zero attached hydrogens (tertiary/aromatic N) is 4. The minimum Gasteiger partial charge on any atom is -0.299 e. The minimum atomic E-state index is -3.93. The van der Waals surface area contributed by atoms with Gasteiger partial charge < -0.3 is 0 Å². The predicted octanol–water partition coefficient (Wildman–Crippen LogP) is 0.516. The zero-order valence-corrected chi connectivity index (χ0v) is 13.3. The number of likely N-dealkylation sites (N-methyl/N-ethyl adjacent to an activating group) is 1. The summed E-state index contributed by atoms with van der Waals surface area (Å²) in [5, 5.41) is 9.43. The zero-order valence-electron chi connectivity index (χ0n) is 12.5. The summed E-state index contributed by atoms with van der Waals surface area (Å²) in [4.78, 5) is 1.82. The van der Waals surface area contributed by atoms with Crippen LogP contribution in [0.5, 0.6) is 0 Å². The number of halogens is 1. The maximum absolute atomic E-state index is 13.4. The Labute approximate surface area is 124 Å². The van der Waals surface area contributed by atoms with E-state index in [4.69, 9.17) is 5.14 Å². The molecule has 0 saturated carbocycles. The second-order valence-corrected chi connectivity index (χ2v) is 7.25. The molecule has 0 spiro atoms. The molecule has 2 heterocycles. The maximum atomic E-state index is 13.4. The van der Waals surface area contributed by atoms with Crippen LogP contribution in [0.4, 0.5) is 10.1 Å². The number of rotatable bonds is 5. The van der Waals surface area contributed by atoms with Gasteiger partial charge in [0, 0.05) is 24.8 Å². The van der Waals surface area contributed by atoms with E-state index in [-0.39, 0.29) is 18.6 Å². The molecule has 1 aliphatic heterocycles. The van der Waals surface area contributed by atoms with E-state index in [0.717, 1.165) is 4.31 Å². The lowest BCUT2D eigenvalue weighted by Gasteiger charge is -2.27. The molecule has 0 bridgehead atoms. The van der Waals surface area contributed by atoms with Crippen molar-refractivity contribution >= 4 is 15.9 Å². The molecule has 2 rings (SSSR count). The van der Waals surface area contributed by atoms with Gasteiger partial charge in [-0.2, -0.15) is 13.5 Å². The highest BCUT2D eigenvalue weighted by Crippen LogP contribution is 2.24. The Hall–Kier alpha value is -1.19. The third-order valence-corrected chi connectivity index (χ3v) is 4.70. The zero-order chi connectivity index (χ0) is 15.8. The molecule has 1 aliphatic rings. The predicted molar refractivity (Wildman–Crippen MR) is 79.0 cm³/mol. The molecule has 1 aromatic heterocycles. The van der Waals surface area contributed by atoms with E-state index in [9.17, 15) is 12.8 Å². The quantitative estimate of drug-likeness (QED) is 0.857.